The van der Waals surface area contributed by atoms with E-state index in [1.54, 1.807) is 0 Å². The third-order valence-corrected chi connectivity index (χ3v) is 5.04. The molecule has 0 bridgehead atoms. The van der Waals surface area contributed by atoms with E-state index >= 15 is 0 Å². The normalized spacial score (nSPS) is 11.0. The van der Waals surface area contributed by atoms with E-state index in [0.29, 0.717) is 0 Å². The highest BCUT2D eigenvalue weighted by Gasteiger charge is 2.11. The Labute approximate surface area is 133 Å². The van der Waals surface area contributed by atoms with E-state index in [4.69, 9.17) is 0 Å². The summed E-state index contributed by atoms with van der Waals surface area (Å²) in [6, 6.07) is 19.2. The van der Waals surface area contributed by atoms with Crippen LogP contribution in [0.15, 0.2) is 72.4 Å². The van der Waals surface area contributed by atoms with Gasteiger partial charge < -0.3 is 0 Å². The number of hydrogen-bond donors (Lipinski definition) is 0. The summed E-state index contributed by atoms with van der Waals surface area (Å²) in [6.07, 6.45) is 3.81. The summed E-state index contributed by atoms with van der Waals surface area (Å²) in [6.45, 7) is 2.14. The van der Waals surface area contributed by atoms with E-state index in [2.05, 4.69) is 71.9 Å². The monoisotopic (exact) mass is 301 g/mol. The fourth-order valence-corrected chi connectivity index (χ4v) is 3.97. The van der Waals surface area contributed by atoms with E-state index in [1.807, 2.05) is 23.7 Å². The highest BCUT2D eigenvalue weighted by atomic mass is 32.1. The van der Waals surface area contributed by atoms with Crippen LogP contribution in [0, 0.1) is 6.92 Å². The molecule has 0 radical (unpaired) electrons. The Balaban J connectivity index is 1.97. The highest BCUT2D eigenvalue weighted by Crippen LogP contribution is 2.39. The zero-order chi connectivity index (χ0) is 14.9. The summed E-state index contributed by atoms with van der Waals surface area (Å²) < 4.78 is 1.33. The number of hydrogen-bond acceptors (Lipinski definition) is 2. The van der Waals surface area contributed by atoms with Gasteiger partial charge in [0.05, 0.1) is 0 Å². The fraction of sp³-hybridized carbons (Fsp3) is 0.0500. The van der Waals surface area contributed by atoms with E-state index in [9.17, 15) is 0 Å². The second-order valence-electron chi connectivity index (χ2n) is 5.39. The van der Waals surface area contributed by atoms with Crippen LogP contribution in [0.25, 0.3) is 32.3 Å². The number of aromatic nitrogens is 1. The summed E-state index contributed by atoms with van der Waals surface area (Å²) in [5.41, 5.74) is 6.33. The molecular formula is C20H15NS. The van der Waals surface area contributed by atoms with Crippen molar-refractivity contribution in [2.45, 2.75) is 6.92 Å². The molecule has 0 aliphatic carbocycles. The quantitative estimate of drug-likeness (QED) is 0.446. The molecule has 0 unspecified atom stereocenters. The van der Waals surface area contributed by atoms with Crippen molar-refractivity contribution in [1.29, 1.82) is 0 Å². The number of benzene rings is 2. The van der Waals surface area contributed by atoms with Crippen LogP contribution < -0.4 is 0 Å². The Morgan fingerprint density at radius 3 is 2.50 bits per heavy atom. The van der Waals surface area contributed by atoms with Crippen LogP contribution in [-0.4, -0.2) is 4.98 Å². The smallest absolute Gasteiger partial charge is 0.0428 e. The predicted molar refractivity (Wildman–Crippen MR) is 95.2 cm³/mol. The topological polar surface area (TPSA) is 12.9 Å². The Kier molecular flexibility index (Phi) is 3.24. The number of rotatable bonds is 2. The fourth-order valence-electron chi connectivity index (χ4n) is 2.86. The van der Waals surface area contributed by atoms with Crippen LogP contribution in [0.2, 0.25) is 0 Å². The third-order valence-electron chi connectivity index (χ3n) is 4.01. The van der Waals surface area contributed by atoms with Crippen molar-refractivity contribution in [3.63, 3.8) is 0 Å². The molecule has 4 rings (SSSR count). The molecule has 2 aromatic carbocycles. The lowest BCUT2D eigenvalue weighted by Gasteiger charge is -2.07. The average molecular weight is 301 g/mol. The van der Waals surface area contributed by atoms with Crippen LogP contribution in [-0.2, 0) is 0 Å². The first-order valence-electron chi connectivity index (χ1n) is 7.31. The van der Waals surface area contributed by atoms with Gasteiger partial charge in [0.25, 0.3) is 0 Å². The van der Waals surface area contributed by atoms with E-state index < -0.39 is 0 Å². The Morgan fingerprint density at radius 1 is 0.818 bits per heavy atom. The van der Waals surface area contributed by atoms with E-state index in [0.717, 1.165) is 0 Å². The van der Waals surface area contributed by atoms with Crippen molar-refractivity contribution >= 4 is 21.4 Å². The molecule has 0 aliphatic rings. The third kappa shape index (κ3) is 2.13. The molecule has 1 nitrogen and oxygen atoms in total. The van der Waals surface area contributed by atoms with Gasteiger partial charge in [0.2, 0.25) is 0 Å². The Hall–Kier alpha value is -2.45. The van der Waals surface area contributed by atoms with Crippen molar-refractivity contribution < 1.29 is 0 Å². The second kappa shape index (κ2) is 5.39. The molecule has 2 heterocycles. The van der Waals surface area contributed by atoms with Gasteiger partial charge in [-0.15, -0.1) is 11.3 Å². The maximum atomic E-state index is 4.30. The SMILES string of the molecule is Cc1ccncc1-c1cccc2c(-c3ccccc3)csc12. The largest absolute Gasteiger partial charge is 0.264 e. The first-order valence-corrected chi connectivity index (χ1v) is 8.19. The van der Waals surface area contributed by atoms with Gasteiger partial charge in [-0.3, -0.25) is 4.98 Å². The molecule has 0 fully saturated rings. The minimum atomic E-state index is 1.22. The maximum absolute atomic E-state index is 4.30. The molecule has 4 aromatic rings. The molecule has 0 N–H and O–H groups in total. The molecule has 2 aromatic heterocycles. The van der Waals surface area contributed by atoms with E-state index in [-0.39, 0.29) is 0 Å². The maximum Gasteiger partial charge on any atom is 0.0428 e. The minimum Gasteiger partial charge on any atom is -0.264 e. The highest BCUT2D eigenvalue weighted by molar-refractivity contribution is 7.18. The lowest BCUT2D eigenvalue weighted by atomic mass is 9.99. The van der Waals surface area contributed by atoms with Gasteiger partial charge in [0, 0.05) is 39.2 Å². The number of thiophene rings is 1. The van der Waals surface area contributed by atoms with Gasteiger partial charge in [0.15, 0.2) is 0 Å². The Morgan fingerprint density at radius 2 is 1.68 bits per heavy atom. The minimum absolute atomic E-state index is 1.22. The molecule has 0 atom stereocenters. The molecule has 2 heteroatoms. The molecule has 106 valence electrons. The van der Waals surface area contributed by atoms with Crippen LogP contribution in [0.4, 0.5) is 0 Å². The van der Waals surface area contributed by atoms with Crippen LogP contribution in [0.3, 0.4) is 0 Å². The molecule has 0 amide bonds. The number of fused-ring (bicyclic) bond motifs is 1. The standard InChI is InChI=1S/C20H15NS/c1-14-10-11-21-12-18(14)16-8-5-9-17-19(13-22-20(16)17)15-6-3-2-4-7-15/h2-13H,1H3. The number of nitrogens with zero attached hydrogens (tertiary/aromatic N) is 1. The second-order valence-corrected chi connectivity index (χ2v) is 6.27. The van der Waals surface area contributed by atoms with E-state index in [1.165, 1.54) is 37.9 Å². The van der Waals surface area contributed by atoms with Gasteiger partial charge in [-0.05, 0) is 29.5 Å². The first kappa shape index (κ1) is 13.2. The van der Waals surface area contributed by atoms with Crippen molar-refractivity contribution in [2.24, 2.45) is 0 Å². The van der Waals surface area contributed by atoms with Gasteiger partial charge in [-0.1, -0.05) is 48.5 Å². The molecule has 0 aliphatic heterocycles. The summed E-state index contributed by atoms with van der Waals surface area (Å²) >= 11 is 1.81. The summed E-state index contributed by atoms with van der Waals surface area (Å²) in [5, 5.41) is 3.58. The zero-order valence-corrected chi connectivity index (χ0v) is 13.1. The van der Waals surface area contributed by atoms with Crippen molar-refractivity contribution in [3.8, 4) is 22.3 Å². The van der Waals surface area contributed by atoms with Crippen LogP contribution >= 0.6 is 11.3 Å². The molecule has 0 saturated carbocycles. The molecule has 0 spiro atoms. The van der Waals surface area contributed by atoms with Gasteiger partial charge in [-0.2, -0.15) is 0 Å². The first-order chi connectivity index (χ1) is 10.8. The summed E-state index contributed by atoms with van der Waals surface area (Å²) in [5.74, 6) is 0. The molecule has 22 heavy (non-hydrogen) atoms. The lowest BCUT2D eigenvalue weighted by molar-refractivity contribution is 1.29. The number of pyridine rings is 1. The van der Waals surface area contributed by atoms with Gasteiger partial charge in [0.1, 0.15) is 0 Å². The van der Waals surface area contributed by atoms with Crippen LogP contribution in [0.5, 0.6) is 0 Å². The van der Waals surface area contributed by atoms with Crippen molar-refractivity contribution in [2.75, 3.05) is 0 Å². The zero-order valence-electron chi connectivity index (χ0n) is 12.3. The summed E-state index contributed by atoms with van der Waals surface area (Å²) in [7, 11) is 0. The van der Waals surface area contributed by atoms with Crippen molar-refractivity contribution in [3.05, 3.63) is 77.9 Å². The average Bonchev–Trinajstić information content (AvgIpc) is 3.00. The Bertz CT molecular complexity index is 938. The predicted octanol–water partition coefficient (Wildman–Crippen LogP) is 5.94. The molecule has 0 saturated heterocycles. The van der Waals surface area contributed by atoms with Gasteiger partial charge in [-0.25, -0.2) is 0 Å². The van der Waals surface area contributed by atoms with Gasteiger partial charge >= 0.3 is 0 Å². The summed E-state index contributed by atoms with van der Waals surface area (Å²) in [4.78, 5) is 4.30. The molecular weight excluding hydrogens is 286 g/mol. The van der Waals surface area contributed by atoms with Crippen molar-refractivity contribution in [1.82, 2.24) is 4.98 Å². The van der Waals surface area contributed by atoms with Crippen LogP contribution in [0.1, 0.15) is 5.56 Å². The lowest BCUT2D eigenvalue weighted by Crippen LogP contribution is -1.85. The number of aryl methyl sites for hydroxylation is 1.